The molecule has 0 saturated carbocycles. The van der Waals surface area contributed by atoms with Crippen molar-refractivity contribution >= 4 is 15.9 Å². The Morgan fingerprint density at radius 3 is 2.57 bits per heavy atom. The van der Waals surface area contributed by atoms with Crippen LogP contribution < -0.4 is 5.73 Å². The summed E-state index contributed by atoms with van der Waals surface area (Å²) in [4.78, 5) is 0. The summed E-state index contributed by atoms with van der Waals surface area (Å²) in [5.74, 6) is -2.81. The molecular formula is C10H12BrF2N. The molecule has 0 aliphatic rings. The van der Waals surface area contributed by atoms with E-state index in [1.54, 1.807) is 12.1 Å². The molecule has 0 amide bonds. The van der Waals surface area contributed by atoms with Gasteiger partial charge in [-0.15, -0.1) is 0 Å². The second-order valence-corrected chi connectivity index (χ2v) is 4.22. The summed E-state index contributed by atoms with van der Waals surface area (Å²) in [6, 6.07) is 5.28. The fourth-order valence-corrected chi connectivity index (χ4v) is 1.68. The summed E-state index contributed by atoms with van der Waals surface area (Å²) in [5.41, 5.74) is 6.47. The lowest BCUT2D eigenvalue weighted by Gasteiger charge is -2.15. The highest BCUT2D eigenvalue weighted by Gasteiger charge is 2.27. The van der Waals surface area contributed by atoms with Crippen LogP contribution in [0.15, 0.2) is 22.7 Å². The fraction of sp³-hybridized carbons (Fsp3) is 0.400. The monoisotopic (exact) mass is 263 g/mol. The normalized spacial score (nSPS) is 11.8. The minimum absolute atomic E-state index is 0.289. The maximum absolute atomic E-state index is 13.0. The number of benzene rings is 1. The van der Waals surface area contributed by atoms with E-state index < -0.39 is 12.5 Å². The van der Waals surface area contributed by atoms with Gasteiger partial charge in [0.25, 0.3) is 5.92 Å². The topological polar surface area (TPSA) is 26.0 Å². The Bertz CT molecular complexity index is 326. The van der Waals surface area contributed by atoms with E-state index in [2.05, 4.69) is 15.9 Å². The van der Waals surface area contributed by atoms with E-state index in [9.17, 15) is 8.78 Å². The van der Waals surface area contributed by atoms with Gasteiger partial charge in [0.1, 0.15) is 0 Å². The first-order valence-corrected chi connectivity index (χ1v) is 5.07. The molecule has 1 nitrogen and oxygen atoms in total. The van der Waals surface area contributed by atoms with Crippen molar-refractivity contribution in [3.8, 4) is 0 Å². The zero-order valence-electron chi connectivity index (χ0n) is 7.86. The molecule has 0 fully saturated rings. The summed E-state index contributed by atoms with van der Waals surface area (Å²) in [6.45, 7) is 1.20. The number of hydrogen-bond donors (Lipinski definition) is 1. The van der Waals surface area contributed by atoms with Crippen LogP contribution in [0, 0.1) is 6.92 Å². The van der Waals surface area contributed by atoms with Gasteiger partial charge in [-0.25, -0.2) is 8.78 Å². The van der Waals surface area contributed by atoms with Gasteiger partial charge in [0.2, 0.25) is 0 Å². The van der Waals surface area contributed by atoms with Crippen LogP contribution in [0.2, 0.25) is 0 Å². The molecule has 4 heteroatoms. The van der Waals surface area contributed by atoms with E-state index in [4.69, 9.17) is 5.73 Å². The first kappa shape index (κ1) is 11.6. The second-order valence-electron chi connectivity index (χ2n) is 3.31. The van der Waals surface area contributed by atoms with Gasteiger partial charge in [-0.1, -0.05) is 22.0 Å². The third kappa shape index (κ3) is 3.03. The molecule has 0 spiro atoms. The van der Waals surface area contributed by atoms with E-state index in [0.29, 0.717) is 5.56 Å². The number of nitrogens with two attached hydrogens (primary N) is 1. The van der Waals surface area contributed by atoms with E-state index in [-0.39, 0.29) is 6.42 Å². The van der Waals surface area contributed by atoms with Crippen LogP contribution in [0.5, 0.6) is 0 Å². The summed E-state index contributed by atoms with van der Waals surface area (Å²) in [7, 11) is 0. The molecule has 1 rings (SSSR count). The van der Waals surface area contributed by atoms with Gasteiger partial charge in [0.15, 0.2) is 0 Å². The number of alkyl halides is 2. The van der Waals surface area contributed by atoms with Crippen molar-refractivity contribution < 1.29 is 8.78 Å². The molecule has 0 aromatic heterocycles. The second kappa shape index (κ2) is 4.36. The van der Waals surface area contributed by atoms with Crippen LogP contribution in [0.25, 0.3) is 0 Å². The Kier molecular flexibility index (Phi) is 3.61. The number of aryl methyl sites for hydroxylation is 1. The standard InChI is InChI=1S/C10H12BrF2N/c1-7-4-9(11)3-2-8(7)5-10(12,13)6-14/h2-4H,5-6,14H2,1H3. The predicted octanol–water partition coefficient (Wildman–Crippen LogP) is 2.89. The number of hydrogen-bond acceptors (Lipinski definition) is 1. The van der Waals surface area contributed by atoms with Gasteiger partial charge in [0.05, 0.1) is 6.54 Å². The summed E-state index contributed by atoms with van der Waals surface area (Å²) >= 11 is 3.28. The third-order valence-corrected chi connectivity index (χ3v) is 2.55. The minimum atomic E-state index is -2.81. The van der Waals surface area contributed by atoms with Crippen molar-refractivity contribution in [2.75, 3.05) is 6.54 Å². The van der Waals surface area contributed by atoms with Gasteiger partial charge in [0, 0.05) is 10.9 Å². The lowest BCUT2D eigenvalue weighted by Crippen LogP contribution is -2.30. The Hall–Kier alpha value is -0.480. The molecule has 0 heterocycles. The van der Waals surface area contributed by atoms with Crippen LogP contribution in [0.3, 0.4) is 0 Å². The Labute approximate surface area is 90.4 Å². The van der Waals surface area contributed by atoms with Crippen LogP contribution in [-0.4, -0.2) is 12.5 Å². The molecule has 0 aliphatic heterocycles. The fourth-order valence-electron chi connectivity index (χ4n) is 1.21. The van der Waals surface area contributed by atoms with Crippen LogP contribution >= 0.6 is 15.9 Å². The number of rotatable bonds is 3. The van der Waals surface area contributed by atoms with E-state index in [1.165, 1.54) is 0 Å². The Balaban J connectivity index is 2.87. The molecule has 2 N–H and O–H groups in total. The smallest absolute Gasteiger partial charge is 0.264 e. The van der Waals surface area contributed by atoms with Crippen molar-refractivity contribution in [2.24, 2.45) is 5.73 Å². The molecule has 14 heavy (non-hydrogen) atoms. The van der Waals surface area contributed by atoms with Gasteiger partial charge >= 0.3 is 0 Å². The molecule has 0 saturated heterocycles. The highest BCUT2D eigenvalue weighted by atomic mass is 79.9. The summed E-state index contributed by atoms with van der Waals surface area (Å²) in [5, 5.41) is 0. The van der Waals surface area contributed by atoms with Gasteiger partial charge in [-0.05, 0) is 30.2 Å². The lowest BCUT2D eigenvalue weighted by molar-refractivity contribution is 0.0113. The largest absolute Gasteiger partial charge is 0.325 e. The predicted molar refractivity (Wildman–Crippen MR) is 56.6 cm³/mol. The molecule has 78 valence electrons. The molecule has 0 aliphatic carbocycles. The van der Waals surface area contributed by atoms with Crippen molar-refractivity contribution in [2.45, 2.75) is 19.3 Å². The lowest BCUT2D eigenvalue weighted by atomic mass is 10.0. The molecule has 1 aromatic carbocycles. The van der Waals surface area contributed by atoms with Gasteiger partial charge < -0.3 is 5.73 Å². The molecule has 1 aromatic rings. The van der Waals surface area contributed by atoms with Gasteiger partial charge in [-0.2, -0.15) is 0 Å². The van der Waals surface area contributed by atoms with Crippen LogP contribution in [0.4, 0.5) is 8.78 Å². The molecule has 0 bridgehead atoms. The quantitative estimate of drug-likeness (QED) is 0.892. The highest BCUT2D eigenvalue weighted by Crippen LogP contribution is 2.23. The van der Waals surface area contributed by atoms with Crippen molar-refractivity contribution in [1.29, 1.82) is 0 Å². The highest BCUT2D eigenvalue weighted by molar-refractivity contribution is 9.10. The first-order chi connectivity index (χ1) is 6.44. The zero-order valence-corrected chi connectivity index (χ0v) is 9.44. The van der Waals surface area contributed by atoms with E-state index >= 15 is 0 Å². The maximum atomic E-state index is 13.0. The van der Waals surface area contributed by atoms with Crippen molar-refractivity contribution in [1.82, 2.24) is 0 Å². The Morgan fingerprint density at radius 2 is 2.07 bits per heavy atom. The average Bonchev–Trinajstić information content (AvgIpc) is 2.10. The minimum Gasteiger partial charge on any atom is -0.325 e. The molecule has 0 radical (unpaired) electrons. The first-order valence-electron chi connectivity index (χ1n) is 4.27. The molecule has 0 unspecified atom stereocenters. The third-order valence-electron chi connectivity index (χ3n) is 2.05. The Morgan fingerprint density at radius 1 is 1.43 bits per heavy atom. The van der Waals surface area contributed by atoms with Crippen LogP contribution in [-0.2, 0) is 6.42 Å². The van der Waals surface area contributed by atoms with Gasteiger partial charge in [-0.3, -0.25) is 0 Å². The van der Waals surface area contributed by atoms with Crippen molar-refractivity contribution in [3.63, 3.8) is 0 Å². The molecule has 0 atom stereocenters. The summed E-state index contributed by atoms with van der Waals surface area (Å²) < 4.78 is 26.9. The van der Waals surface area contributed by atoms with Crippen LogP contribution in [0.1, 0.15) is 11.1 Å². The summed E-state index contributed by atoms with van der Waals surface area (Å²) in [6.07, 6.45) is -0.289. The average molecular weight is 264 g/mol. The SMILES string of the molecule is Cc1cc(Br)ccc1CC(F)(F)CN. The zero-order chi connectivity index (χ0) is 10.8. The van der Waals surface area contributed by atoms with E-state index in [0.717, 1.165) is 10.0 Å². The number of halogens is 3. The van der Waals surface area contributed by atoms with E-state index in [1.807, 2.05) is 13.0 Å². The maximum Gasteiger partial charge on any atom is 0.264 e. The molecular weight excluding hydrogens is 252 g/mol. The van der Waals surface area contributed by atoms with Crippen molar-refractivity contribution in [3.05, 3.63) is 33.8 Å².